The van der Waals surface area contributed by atoms with Crippen molar-refractivity contribution in [1.82, 2.24) is 0 Å². The summed E-state index contributed by atoms with van der Waals surface area (Å²) < 4.78 is 31.0. The number of hydrogen-bond acceptors (Lipinski definition) is 3. The standard InChI is InChI=1S/C11H10O4S.C2H6/c1-7-5-9(16(13,14)15)6-8-3-2-4-10(12)11(7)8;1-2/h2-6,12H,1H3,(H,13,14,15);1-2H3. The molecular formula is C13H16O4S. The lowest BCUT2D eigenvalue weighted by Crippen LogP contribution is -1.98. The molecule has 0 radical (unpaired) electrons. The molecule has 98 valence electrons. The van der Waals surface area contributed by atoms with Crippen molar-refractivity contribution in [2.75, 3.05) is 0 Å². The van der Waals surface area contributed by atoms with Gasteiger partial charge in [0.2, 0.25) is 0 Å². The van der Waals surface area contributed by atoms with Crippen molar-refractivity contribution in [1.29, 1.82) is 0 Å². The molecule has 2 rings (SSSR count). The van der Waals surface area contributed by atoms with Crippen LogP contribution in [0.3, 0.4) is 0 Å². The molecule has 0 amide bonds. The number of phenols is 1. The van der Waals surface area contributed by atoms with E-state index in [-0.39, 0.29) is 10.6 Å². The Labute approximate surface area is 107 Å². The van der Waals surface area contributed by atoms with Crippen molar-refractivity contribution in [3.05, 3.63) is 35.9 Å². The minimum atomic E-state index is -4.21. The smallest absolute Gasteiger partial charge is 0.294 e. The van der Waals surface area contributed by atoms with Crippen molar-refractivity contribution in [2.24, 2.45) is 0 Å². The molecule has 0 spiro atoms. The second-order valence-electron chi connectivity index (χ2n) is 3.59. The van der Waals surface area contributed by atoms with Crippen LogP contribution in [0.2, 0.25) is 0 Å². The zero-order valence-corrected chi connectivity index (χ0v) is 11.3. The Morgan fingerprint density at radius 2 is 1.72 bits per heavy atom. The zero-order valence-electron chi connectivity index (χ0n) is 10.5. The molecule has 2 aromatic rings. The molecule has 0 saturated heterocycles. The highest BCUT2D eigenvalue weighted by atomic mass is 32.2. The van der Waals surface area contributed by atoms with E-state index in [1.807, 2.05) is 13.8 Å². The Hall–Kier alpha value is -1.59. The lowest BCUT2D eigenvalue weighted by atomic mass is 10.0. The molecule has 0 bridgehead atoms. The first-order chi connectivity index (χ1) is 8.39. The number of benzene rings is 2. The van der Waals surface area contributed by atoms with Crippen LogP contribution in [-0.4, -0.2) is 18.1 Å². The summed E-state index contributed by atoms with van der Waals surface area (Å²) in [5, 5.41) is 10.8. The van der Waals surface area contributed by atoms with Gasteiger partial charge < -0.3 is 5.11 Å². The van der Waals surface area contributed by atoms with E-state index in [1.54, 1.807) is 19.1 Å². The van der Waals surface area contributed by atoms with E-state index in [4.69, 9.17) is 4.55 Å². The maximum Gasteiger partial charge on any atom is 0.294 e. The zero-order chi connectivity index (χ0) is 13.9. The summed E-state index contributed by atoms with van der Waals surface area (Å²) in [4.78, 5) is -0.164. The summed E-state index contributed by atoms with van der Waals surface area (Å²) in [6.07, 6.45) is 0. The minimum absolute atomic E-state index is 0.0943. The van der Waals surface area contributed by atoms with Gasteiger partial charge in [0.1, 0.15) is 5.75 Å². The van der Waals surface area contributed by atoms with E-state index >= 15 is 0 Å². The first kappa shape index (κ1) is 14.5. The normalized spacial score (nSPS) is 10.9. The van der Waals surface area contributed by atoms with Crippen LogP contribution in [-0.2, 0) is 10.1 Å². The van der Waals surface area contributed by atoms with Gasteiger partial charge in [-0.05, 0) is 36.1 Å². The third kappa shape index (κ3) is 2.80. The van der Waals surface area contributed by atoms with Gasteiger partial charge in [-0.15, -0.1) is 0 Å². The molecule has 0 saturated carbocycles. The maximum absolute atomic E-state index is 11.0. The van der Waals surface area contributed by atoms with Gasteiger partial charge in [-0.1, -0.05) is 26.0 Å². The van der Waals surface area contributed by atoms with Gasteiger partial charge >= 0.3 is 0 Å². The third-order valence-corrected chi connectivity index (χ3v) is 3.25. The van der Waals surface area contributed by atoms with Crippen molar-refractivity contribution >= 4 is 20.9 Å². The molecule has 4 nitrogen and oxygen atoms in total. The minimum Gasteiger partial charge on any atom is -0.507 e. The molecule has 0 aliphatic carbocycles. The fourth-order valence-electron chi connectivity index (χ4n) is 1.74. The van der Waals surface area contributed by atoms with Crippen LogP contribution in [0.5, 0.6) is 5.75 Å². The van der Waals surface area contributed by atoms with E-state index in [1.165, 1.54) is 18.2 Å². The average Bonchev–Trinajstić information content (AvgIpc) is 2.30. The molecule has 0 heterocycles. The molecule has 2 N–H and O–H groups in total. The van der Waals surface area contributed by atoms with E-state index in [9.17, 15) is 13.5 Å². The summed E-state index contributed by atoms with van der Waals surface area (Å²) in [7, 11) is -4.21. The largest absolute Gasteiger partial charge is 0.507 e. The van der Waals surface area contributed by atoms with Gasteiger partial charge in [0, 0.05) is 5.39 Å². The molecule has 0 fully saturated rings. The highest BCUT2D eigenvalue weighted by molar-refractivity contribution is 7.85. The van der Waals surface area contributed by atoms with Crippen LogP contribution in [0, 0.1) is 6.92 Å². The molecule has 5 heteroatoms. The second-order valence-corrected chi connectivity index (χ2v) is 5.01. The van der Waals surface area contributed by atoms with E-state index < -0.39 is 10.1 Å². The van der Waals surface area contributed by atoms with Crippen LogP contribution in [0.25, 0.3) is 10.8 Å². The molecule has 18 heavy (non-hydrogen) atoms. The Kier molecular flexibility index (Phi) is 4.32. The van der Waals surface area contributed by atoms with Crippen molar-refractivity contribution in [2.45, 2.75) is 25.7 Å². The quantitative estimate of drug-likeness (QED) is 0.779. The topological polar surface area (TPSA) is 74.6 Å². The van der Waals surface area contributed by atoms with Gasteiger partial charge in [0.05, 0.1) is 4.90 Å². The van der Waals surface area contributed by atoms with Crippen molar-refractivity contribution in [3.63, 3.8) is 0 Å². The Balaban J connectivity index is 0.000000771. The van der Waals surface area contributed by atoms with Crippen LogP contribution < -0.4 is 0 Å². The van der Waals surface area contributed by atoms with Gasteiger partial charge in [-0.2, -0.15) is 8.42 Å². The van der Waals surface area contributed by atoms with Gasteiger partial charge in [-0.3, -0.25) is 4.55 Å². The SMILES string of the molecule is CC.Cc1cc(S(=O)(=O)O)cc2cccc(O)c12. The number of hydrogen-bond donors (Lipinski definition) is 2. The first-order valence-electron chi connectivity index (χ1n) is 5.59. The monoisotopic (exact) mass is 268 g/mol. The molecule has 2 aromatic carbocycles. The fourth-order valence-corrected chi connectivity index (χ4v) is 2.34. The lowest BCUT2D eigenvalue weighted by molar-refractivity contribution is 0.479. The highest BCUT2D eigenvalue weighted by Crippen LogP contribution is 2.29. The third-order valence-electron chi connectivity index (χ3n) is 2.42. The lowest BCUT2D eigenvalue weighted by Gasteiger charge is -2.06. The van der Waals surface area contributed by atoms with Crippen LogP contribution in [0.15, 0.2) is 35.2 Å². The average molecular weight is 268 g/mol. The molecule has 0 aromatic heterocycles. The van der Waals surface area contributed by atoms with Gasteiger partial charge in [-0.25, -0.2) is 0 Å². The molecule has 0 aliphatic rings. The van der Waals surface area contributed by atoms with E-state index in [2.05, 4.69) is 0 Å². The predicted octanol–water partition coefficient (Wildman–Crippen LogP) is 3.13. The van der Waals surface area contributed by atoms with Crippen LogP contribution in [0.4, 0.5) is 0 Å². The number of aryl methyl sites for hydroxylation is 1. The van der Waals surface area contributed by atoms with E-state index in [0.29, 0.717) is 16.3 Å². The first-order valence-corrected chi connectivity index (χ1v) is 7.03. The van der Waals surface area contributed by atoms with E-state index in [0.717, 1.165) is 0 Å². The van der Waals surface area contributed by atoms with Crippen molar-refractivity contribution in [3.8, 4) is 5.75 Å². The van der Waals surface area contributed by atoms with Crippen LogP contribution in [0.1, 0.15) is 19.4 Å². The fraction of sp³-hybridized carbons (Fsp3) is 0.231. The Bertz CT molecular complexity index is 660. The number of phenolic OH excluding ortho intramolecular Hbond substituents is 1. The second kappa shape index (κ2) is 5.37. The Morgan fingerprint density at radius 1 is 1.11 bits per heavy atom. The maximum atomic E-state index is 11.0. The number of rotatable bonds is 1. The molecule has 0 unspecified atom stereocenters. The van der Waals surface area contributed by atoms with Crippen LogP contribution >= 0.6 is 0 Å². The highest BCUT2D eigenvalue weighted by Gasteiger charge is 2.13. The summed E-state index contributed by atoms with van der Waals surface area (Å²) >= 11 is 0. The summed E-state index contributed by atoms with van der Waals surface area (Å²) in [5.41, 5.74) is 0.600. The predicted molar refractivity (Wildman–Crippen MR) is 71.5 cm³/mol. The summed E-state index contributed by atoms with van der Waals surface area (Å²) in [5.74, 6) is 0.0943. The van der Waals surface area contributed by atoms with Gasteiger partial charge in [0.15, 0.2) is 0 Å². The summed E-state index contributed by atoms with van der Waals surface area (Å²) in [6, 6.07) is 7.48. The summed E-state index contributed by atoms with van der Waals surface area (Å²) in [6.45, 7) is 5.68. The molecule has 0 atom stereocenters. The number of aromatic hydroxyl groups is 1. The van der Waals surface area contributed by atoms with Gasteiger partial charge in [0.25, 0.3) is 10.1 Å². The molecular weight excluding hydrogens is 252 g/mol. The Morgan fingerprint density at radius 3 is 2.28 bits per heavy atom. The number of fused-ring (bicyclic) bond motifs is 1. The van der Waals surface area contributed by atoms with Crippen molar-refractivity contribution < 1.29 is 18.1 Å². The molecule has 0 aliphatic heterocycles.